The lowest BCUT2D eigenvalue weighted by Gasteiger charge is -2.26. The molecule has 1 aliphatic rings. The Hall–Kier alpha value is -0.860. The number of hydrogen-bond donors (Lipinski definition) is 0. The second-order valence-electron chi connectivity index (χ2n) is 3.97. The van der Waals surface area contributed by atoms with Gasteiger partial charge >= 0.3 is 0 Å². The van der Waals surface area contributed by atoms with Crippen molar-refractivity contribution in [3.63, 3.8) is 0 Å². The topological polar surface area (TPSA) is 12.5 Å². The van der Waals surface area contributed by atoms with Gasteiger partial charge in [-0.15, -0.1) is 0 Å². The van der Waals surface area contributed by atoms with Gasteiger partial charge in [0.2, 0.25) is 0 Å². The predicted octanol–water partition coefficient (Wildman–Crippen LogP) is 1.75. The summed E-state index contributed by atoms with van der Waals surface area (Å²) < 4.78 is 5.32. The lowest BCUT2D eigenvalue weighted by Crippen LogP contribution is -2.36. The maximum atomic E-state index is 5.32. The van der Waals surface area contributed by atoms with E-state index in [0.29, 0.717) is 0 Å². The molecule has 1 heterocycles. The zero-order valence-electron chi connectivity index (χ0n) is 9.11. The van der Waals surface area contributed by atoms with Crippen LogP contribution < -0.4 is 0 Å². The molecule has 0 aliphatic carbocycles. The quantitative estimate of drug-likeness (QED) is 0.741. The molecule has 1 aliphatic heterocycles. The van der Waals surface area contributed by atoms with E-state index in [2.05, 4.69) is 23.1 Å². The number of nitrogens with zero attached hydrogens (tertiary/aromatic N) is 1. The normalized spacial score (nSPS) is 17.9. The first-order valence-electron chi connectivity index (χ1n) is 5.70. The van der Waals surface area contributed by atoms with E-state index in [1.807, 2.05) is 12.1 Å². The Kier molecular flexibility index (Phi) is 4.18. The van der Waals surface area contributed by atoms with E-state index in [9.17, 15) is 0 Å². The van der Waals surface area contributed by atoms with Crippen LogP contribution >= 0.6 is 0 Å². The van der Waals surface area contributed by atoms with E-state index < -0.39 is 0 Å². The van der Waals surface area contributed by atoms with Gasteiger partial charge in [0.15, 0.2) is 0 Å². The predicted molar refractivity (Wildman–Crippen MR) is 60.9 cm³/mol. The number of aryl methyl sites for hydroxylation is 1. The Morgan fingerprint density at radius 2 is 1.93 bits per heavy atom. The van der Waals surface area contributed by atoms with Crippen LogP contribution in [-0.4, -0.2) is 37.7 Å². The zero-order chi connectivity index (χ0) is 10.3. The maximum Gasteiger partial charge on any atom is 0.0594 e. The minimum absolute atomic E-state index is 0.903. The molecule has 1 fully saturated rings. The molecule has 1 radical (unpaired) electrons. The van der Waals surface area contributed by atoms with Gasteiger partial charge in [-0.2, -0.15) is 0 Å². The van der Waals surface area contributed by atoms with Crippen molar-refractivity contribution in [2.45, 2.75) is 12.8 Å². The van der Waals surface area contributed by atoms with Crippen molar-refractivity contribution in [2.75, 3.05) is 32.8 Å². The van der Waals surface area contributed by atoms with Gasteiger partial charge in [0.25, 0.3) is 0 Å². The average molecular weight is 204 g/mol. The van der Waals surface area contributed by atoms with E-state index >= 15 is 0 Å². The van der Waals surface area contributed by atoms with Crippen LogP contribution in [0.4, 0.5) is 0 Å². The summed E-state index contributed by atoms with van der Waals surface area (Å²) in [5.41, 5.74) is 1.42. The second kappa shape index (κ2) is 5.89. The SMILES string of the molecule is [c]1ccc(CCCN2CCOCC2)cc1. The fraction of sp³-hybridized carbons (Fsp3) is 0.538. The van der Waals surface area contributed by atoms with Gasteiger partial charge in [-0.3, -0.25) is 4.90 Å². The smallest absolute Gasteiger partial charge is 0.0594 e. The molecular formula is C13H18NO. The molecular weight excluding hydrogens is 186 g/mol. The Balaban J connectivity index is 1.66. The van der Waals surface area contributed by atoms with E-state index in [1.54, 1.807) is 0 Å². The van der Waals surface area contributed by atoms with E-state index in [-0.39, 0.29) is 0 Å². The van der Waals surface area contributed by atoms with Gasteiger partial charge < -0.3 is 4.74 Å². The summed E-state index contributed by atoms with van der Waals surface area (Å²) in [6, 6.07) is 11.3. The molecule has 0 N–H and O–H groups in total. The first kappa shape index (κ1) is 10.7. The number of benzene rings is 1. The lowest BCUT2D eigenvalue weighted by atomic mass is 10.1. The first-order chi connectivity index (χ1) is 7.45. The van der Waals surface area contributed by atoms with Crippen molar-refractivity contribution < 1.29 is 4.74 Å². The fourth-order valence-electron chi connectivity index (χ4n) is 1.92. The van der Waals surface area contributed by atoms with Gasteiger partial charge in [0.1, 0.15) is 0 Å². The highest BCUT2D eigenvalue weighted by atomic mass is 16.5. The Morgan fingerprint density at radius 3 is 2.67 bits per heavy atom. The monoisotopic (exact) mass is 204 g/mol. The van der Waals surface area contributed by atoms with Crippen LogP contribution in [-0.2, 0) is 11.2 Å². The van der Waals surface area contributed by atoms with Gasteiger partial charge in [-0.1, -0.05) is 24.3 Å². The number of hydrogen-bond acceptors (Lipinski definition) is 2. The Morgan fingerprint density at radius 1 is 1.20 bits per heavy atom. The third kappa shape index (κ3) is 3.65. The van der Waals surface area contributed by atoms with Crippen molar-refractivity contribution >= 4 is 0 Å². The van der Waals surface area contributed by atoms with Crippen LogP contribution in [0.1, 0.15) is 12.0 Å². The maximum absolute atomic E-state index is 5.32. The molecule has 2 nitrogen and oxygen atoms in total. The van der Waals surface area contributed by atoms with Gasteiger partial charge in [-0.25, -0.2) is 0 Å². The van der Waals surface area contributed by atoms with Gasteiger partial charge in [0, 0.05) is 13.1 Å². The van der Waals surface area contributed by atoms with Crippen molar-refractivity contribution in [3.8, 4) is 0 Å². The van der Waals surface area contributed by atoms with Crippen LogP contribution in [0.5, 0.6) is 0 Å². The summed E-state index contributed by atoms with van der Waals surface area (Å²) in [5.74, 6) is 0. The average Bonchev–Trinajstić information content (AvgIpc) is 2.32. The summed E-state index contributed by atoms with van der Waals surface area (Å²) in [5, 5.41) is 0. The molecule has 81 valence electrons. The molecule has 2 rings (SSSR count). The van der Waals surface area contributed by atoms with Crippen molar-refractivity contribution in [2.24, 2.45) is 0 Å². The van der Waals surface area contributed by atoms with E-state index in [1.165, 1.54) is 24.9 Å². The molecule has 0 amide bonds. The molecule has 1 aromatic rings. The van der Waals surface area contributed by atoms with Crippen LogP contribution in [0.25, 0.3) is 0 Å². The number of ether oxygens (including phenoxy) is 1. The minimum Gasteiger partial charge on any atom is -0.379 e. The number of morpholine rings is 1. The van der Waals surface area contributed by atoms with E-state index in [0.717, 1.165) is 26.3 Å². The Bertz CT molecular complexity index is 267. The van der Waals surface area contributed by atoms with Crippen molar-refractivity contribution in [1.29, 1.82) is 0 Å². The van der Waals surface area contributed by atoms with Crippen LogP contribution in [0.3, 0.4) is 0 Å². The summed E-state index contributed by atoms with van der Waals surface area (Å²) >= 11 is 0. The molecule has 2 heteroatoms. The highest BCUT2D eigenvalue weighted by Crippen LogP contribution is 2.04. The van der Waals surface area contributed by atoms with Crippen LogP contribution in [0, 0.1) is 6.07 Å². The summed E-state index contributed by atoms with van der Waals surface area (Å²) in [4.78, 5) is 2.48. The minimum atomic E-state index is 0.903. The molecule has 0 atom stereocenters. The van der Waals surface area contributed by atoms with Crippen molar-refractivity contribution in [1.82, 2.24) is 4.90 Å². The molecule has 0 saturated carbocycles. The summed E-state index contributed by atoms with van der Waals surface area (Å²) in [6.45, 7) is 5.20. The standard InChI is InChI=1S/C13H18NO/c1-2-5-13(6-3-1)7-4-8-14-9-11-15-12-10-14/h2-3,5-6H,4,7-12H2. The fourth-order valence-corrected chi connectivity index (χ4v) is 1.92. The third-order valence-electron chi connectivity index (χ3n) is 2.83. The van der Waals surface area contributed by atoms with Crippen molar-refractivity contribution in [3.05, 3.63) is 35.9 Å². The molecule has 1 saturated heterocycles. The summed E-state index contributed by atoms with van der Waals surface area (Å²) in [7, 11) is 0. The van der Waals surface area contributed by atoms with Gasteiger partial charge in [-0.05, 0) is 31.0 Å². The molecule has 0 unspecified atom stereocenters. The largest absolute Gasteiger partial charge is 0.379 e. The van der Waals surface area contributed by atoms with Gasteiger partial charge in [0.05, 0.1) is 13.2 Å². The van der Waals surface area contributed by atoms with E-state index in [4.69, 9.17) is 4.74 Å². The molecule has 1 aromatic carbocycles. The highest BCUT2D eigenvalue weighted by Gasteiger charge is 2.08. The molecule has 0 aromatic heterocycles. The Labute approximate surface area is 91.9 Å². The molecule has 15 heavy (non-hydrogen) atoms. The highest BCUT2D eigenvalue weighted by molar-refractivity contribution is 5.13. The first-order valence-corrected chi connectivity index (χ1v) is 5.70. The number of rotatable bonds is 4. The molecule has 0 bridgehead atoms. The zero-order valence-corrected chi connectivity index (χ0v) is 9.11. The summed E-state index contributed by atoms with van der Waals surface area (Å²) in [6.07, 6.45) is 2.41. The second-order valence-corrected chi connectivity index (χ2v) is 3.97. The van der Waals surface area contributed by atoms with Crippen LogP contribution in [0.2, 0.25) is 0 Å². The third-order valence-corrected chi connectivity index (χ3v) is 2.83. The lowest BCUT2D eigenvalue weighted by molar-refractivity contribution is 0.0375. The molecule has 0 spiro atoms. The van der Waals surface area contributed by atoms with Crippen LogP contribution in [0.15, 0.2) is 24.3 Å².